The Morgan fingerprint density at radius 1 is 1.10 bits per heavy atom. The average Bonchev–Trinajstić information content (AvgIpc) is 2.68. The topological polar surface area (TPSA) is 102 Å². The molecule has 0 fully saturated rings. The number of hydrogen-bond acceptors (Lipinski definition) is 6. The van der Waals surface area contributed by atoms with Crippen LogP contribution >= 0.6 is 0 Å². The van der Waals surface area contributed by atoms with Gasteiger partial charge in [-0.2, -0.15) is 0 Å². The first kappa shape index (κ1) is 22.4. The van der Waals surface area contributed by atoms with Crippen molar-refractivity contribution in [1.82, 2.24) is 4.31 Å². The Labute approximate surface area is 170 Å². The van der Waals surface area contributed by atoms with Crippen molar-refractivity contribution >= 4 is 27.6 Å². The number of ether oxygens (including phenoxy) is 2. The van der Waals surface area contributed by atoms with Crippen molar-refractivity contribution in [3.63, 3.8) is 0 Å². The van der Waals surface area contributed by atoms with Crippen LogP contribution in [0.1, 0.15) is 11.1 Å². The number of sulfonamides is 1. The number of amides is 1. The summed E-state index contributed by atoms with van der Waals surface area (Å²) in [6, 6.07) is 11.5. The van der Waals surface area contributed by atoms with Gasteiger partial charge in [0.25, 0.3) is 5.91 Å². The lowest BCUT2D eigenvalue weighted by molar-refractivity contribution is -0.146. The van der Waals surface area contributed by atoms with Crippen LogP contribution in [0.2, 0.25) is 0 Å². The zero-order chi connectivity index (χ0) is 21.6. The van der Waals surface area contributed by atoms with E-state index in [4.69, 9.17) is 9.47 Å². The van der Waals surface area contributed by atoms with Crippen LogP contribution < -0.4 is 10.1 Å². The van der Waals surface area contributed by atoms with Crippen molar-refractivity contribution in [3.8, 4) is 5.75 Å². The zero-order valence-electron chi connectivity index (χ0n) is 16.8. The van der Waals surface area contributed by atoms with E-state index in [0.29, 0.717) is 0 Å². The van der Waals surface area contributed by atoms with Gasteiger partial charge >= 0.3 is 5.97 Å². The van der Waals surface area contributed by atoms with Gasteiger partial charge in [-0.3, -0.25) is 9.59 Å². The number of anilines is 1. The number of nitrogens with one attached hydrogen (secondary N) is 1. The quantitative estimate of drug-likeness (QED) is 0.655. The van der Waals surface area contributed by atoms with E-state index in [1.54, 1.807) is 0 Å². The lowest BCUT2D eigenvalue weighted by Crippen LogP contribution is -2.24. The minimum absolute atomic E-state index is 0.00449. The molecule has 1 amide bonds. The van der Waals surface area contributed by atoms with Gasteiger partial charge in [0, 0.05) is 14.1 Å². The van der Waals surface area contributed by atoms with E-state index < -0.39 is 28.5 Å². The van der Waals surface area contributed by atoms with Crippen LogP contribution in [0.15, 0.2) is 47.4 Å². The van der Waals surface area contributed by atoms with Crippen molar-refractivity contribution in [1.29, 1.82) is 0 Å². The molecule has 0 aliphatic carbocycles. The maximum atomic E-state index is 12.3. The fourth-order valence-electron chi connectivity index (χ4n) is 2.50. The smallest absolute Gasteiger partial charge is 0.310 e. The maximum absolute atomic E-state index is 12.3. The molecule has 0 saturated carbocycles. The van der Waals surface area contributed by atoms with Crippen LogP contribution in [0.4, 0.5) is 5.69 Å². The lowest BCUT2D eigenvalue weighted by Gasteiger charge is -2.15. The maximum Gasteiger partial charge on any atom is 0.310 e. The molecular weight excluding hydrogens is 396 g/mol. The summed E-state index contributed by atoms with van der Waals surface area (Å²) in [5.74, 6) is -0.867. The highest BCUT2D eigenvalue weighted by Gasteiger charge is 2.20. The van der Waals surface area contributed by atoms with E-state index in [9.17, 15) is 18.0 Å². The number of rotatable bonds is 8. The highest BCUT2D eigenvalue weighted by atomic mass is 32.2. The molecule has 0 aliphatic heterocycles. The largest absolute Gasteiger partial charge is 0.495 e. The molecule has 0 bridgehead atoms. The summed E-state index contributed by atoms with van der Waals surface area (Å²) in [6.07, 6.45) is 0.0554. The first-order valence-electron chi connectivity index (χ1n) is 8.75. The Balaban J connectivity index is 2.04. The van der Waals surface area contributed by atoms with Crippen LogP contribution in [0.25, 0.3) is 0 Å². The van der Waals surface area contributed by atoms with Crippen molar-refractivity contribution in [2.45, 2.75) is 18.2 Å². The van der Waals surface area contributed by atoms with E-state index in [1.165, 1.54) is 39.4 Å². The second kappa shape index (κ2) is 9.53. The van der Waals surface area contributed by atoms with Gasteiger partial charge in [-0.25, -0.2) is 12.7 Å². The fraction of sp³-hybridized carbons (Fsp3) is 0.300. The van der Waals surface area contributed by atoms with Crippen molar-refractivity contribution in [3.05, 3.63) is 53.6 Å². The van der Waals surface area contributed by atoms with Gasteiger partial charge in [0.1, 0.15) is 5.75 Å². The second-order valence-corrected chi connectivity index (χ2v) is 8.61. The first-order valence-corrected chi connectivity index (χ1v) is 10.2. The molecule has 0 unspecified atom stereocenters. The highest BCUT2D eigenvalue weighted by Crippen LogP contribution is 2.28. The van der Waals surface area contributed by atoms with Gasteiger partial charge < -0.3 is 14.8 Å². The predicted molar refractivity (Wildman–Crippen MR) is 108 cm³/mol. The highest BCUT2D eigenvalue weighted by molar-refractivity contribution is 7.89. The lowest BCUT2D eigenvalue weighted by atomic mass is 10.1. The Morgan fingerprint density at radius 2 is 1.79 bits per heavy atom. The third kappa shape index (κ3) is 5.78. The Kier molecular flexibility index (Phi) is 7.35. The zero-order valence-corrected chi connectivity index (χ0v) is 17.6. The van der Waals surface area contributed by atoms with Crippen molar-refractivity contribution in [2.24, 2.45) is 0 Å². The standard InChI is InChI=1S/C20H24N2O6S/c1-14-7-5-6-8-15(14)11-20(24)28-13-19(23)21-17-12-16(9-10-18(17)27-4)29(25,26)22(2)3/h5-10,12H,11,13H2,1-4H3,(H,21,23). The summed E-state index contributed by atoms with van der Waals surface area (Å²) in [5.41, 5.74) is 1.94. The van der Waals surface area contributed by atoms with Gasteiger partial charge in [-0.05, 0) is 36.2 Å². The Morgan fingerprint density at radius 3 is 2.41 bits per heavy atom. The molecule has 0 atom stereocenters. The van der Waals surface area contributed by atoms with Crippen LogP contribution in [0.5, 0.6) is 5.75 Å². The Bertz CT molecular complexity index is 1000. The number of hydrogen-bond donors (Lipinski definition) is 1. The van der Waals surface area contributed by atoms with E-state index >= 15 is 0 Å². The molecule has 1 N–H and O–H groups in total. The van der Waals surface area contributed by atoms with Gasteiger partial charge in [0.05, 0.1) is 24.1 Å². The van der Waals surface area contributed by atoms with Crippen molar-refractivity contribution in [2.75, 3.05) is 33.1 Å². The average molecular weight is 420 g/mol. The van der Waals surface area contributed by atoms with Crippen LogP contribution in [0, 0.1) is 6.92 Å². The van der Waals surface area contributed by atoms with Gasteiger partial charge in [-0.15, -0.1) is 0 Å². The summed E-state index contributed by atoms with van der Waals surface area (Å²) < 4.78 is 35.8. The van der Waals surface area contributed by atoms with Crippen molar-refractivity contribution < 1.29 is 27.5 Å². The van der Waals surface area contributed by atoms with E-state index in [1.807, 2.05) is 31.2 Å². The number of esters is 1. The minimum atomic E-state index is -3.68. The van der Waals surface area contributed by atoms with Crippen LogP contribution in [0.3, 0.4) is 0 Å². The molecule has 0 spiro atoms. The van der Waals surface area contributed by atoms with E-state index in [-0.39, 0.29) is 22.8 Å². The molecule has 2 aromatic carbocycles. The summed E-state index contributed by atoms with van der Waals surface area (Å²) in [7, 11) is 0.530. The molecule has 8 nitrogen and oxygen atoms in total. The van der Waals surface area contributed by atoms with Gasteiger partial charge in [0.15, 0.2) is 6.61 Å². The molecule has 9 heteroatoms. The normalized spacial score (nSPS) is 11.2. The monoisotopic (exact) mass is 420 g/mol. The predicted octanol–water partition coefficient (Wildman–Crippen LogP) is 1.98. The molecule has 0 heterocycles. The molecule has 2 rings (SSSR count). The number of aryl methyl sites for hydroxylation is 1. The molecule has 0 aliphatic rings. The number of methoxy groups -OCH3 is 1. The van der Waals surface area contributed by atoms with E-state index in [2.05, 4.69) is 5.32 Å². The Hall–Kier alpha value is -2.91. The summed E-state index contributed by atoms with van der Waals surface area (Å²) in [6.45, 7) is 1.38. The molecule has 0 aromatic heterocycles. The molecular formula is C20H24N2O6S. The van der Waals surface area contributed by atoms with Gasteiger partial charge in [0.2, 0.25) is 10.0 Å². The second-order valence-electron chi connectivity index (χ2n) is 6.46. The first-order chi connectivity index (χ1) is 13.6. The third-order valence-electron chi connectivity index (χ3n) is 4.18. The summed E-state index contributed by atoms with van der Waals surface area (Å²) >= 11 is 0. The molecule has 2 aromatic rings. The molecule has 0 radical (unpaired) electrons. The molecule has 0 saturated heterocycles. The van der Waals surface area contributed by atoms with Gasteiger partial charge in [-0.1, -0.05) is 24.3 Å². The third-order valence-corrected chi connectivity index (χ3v) is 5.99. The molecule has 29 heavy (non-hydrogen) atoms. The number of nitrogens with zero attached hydrogens (tertiary/aromatic N) is 1. The number of carbonyl (C=O) groups excluding carboxylic acids is 2. The molecule has 156 valence electrons. The number of carbonyl (C=O) groups is 2. The minimum Gasteiger partial charge on any atom is -0.495 e. The van der Waals surface area contributed by atoms with Crippen LogP contribution in [-0.2, 0) is 30.8 Å². The SMILES string of the molecule is COc1ccc(S(=O)(=O)N(C)C)cc1NC(=O)COC(=O)Cc1ccccc1C. The number of benzene rings is 2. The van der Waals surface area contributed by atoms with Crippen LogP contribution in [-0.4, -0.2) is 52.4 Å². The van der Waals surface area contributed by atoms with E-state index in [0.717, 1.165) is 15.4 Å². The summed E-state index contributed by atoms with van der Waals surface area (Å²) in [5, 5.41) is 2.52. The fourth-order valence-corrected chi connectivity index (χ4v) is 3.43. The summed E-state index contributed by atoms with van der Waals surface area (Å²) in [4.78, 5) is 24.2.